The third-order valence-electron chi connectivity index (χ3n) is 6.82. The van der Waals surface area contributed by atoms with E-state index in [0.717, 1.165) is 60.4 Å². The number of rotatable bonds is 7. The van der Waals surface area contributed by atoms with Gasteiger partial charge in [0, 0.05) is 60.3 Å². The van der Waals surface area contributed by atoms with Crippen LogP contribution in [-0.2, 0) is 6.42 Å². The molecule has 0 aromatic carbocycles. The Morgan fingerprint density at radius 3 is 2.69 bits per heavy atom. The summed E-state index contributed by atoms with van der Waals surface area (Å²) >= 11 is 1.59. The van der Waals surface area contributed by atoms with Gasteiger partial charge in [-0.05, 0) is 44.7 Å². The first-order valence-electron chi connectivity index (χ1n) is 12.0. The molecule has 1 aliphatic carbocycles. The summed E-state index contributed by atoms with van der Waals surface area (Å²) in [4.78, 5) is 30.0. The van der Waals surface area contributed by atoms with E-state index in [-0.39, 0.29) is 11.6 Å². The molecule has 0 spiro atoms. The van der Waals surface area contributed by atoms with E-state index >= 15 is 0 Å². The highest BCUT2D eigenvalue weighted by Gasteiger charge is 2.24. The van der Waals surface area contributed by atoms with E-state index in [4.69, 9.17) is 4.98 Å². The van der Waals surface area contributed by atoms with Gasteiger partial charge in [0.1, 0.15) is 5.65 Å². The van der Waals surface area contributed by atoms with Crippen LogP contribution in [0, 0.1) is 0 Å². The number of hydrogen-bond acceptors (Lipinski definition) is 7. The van der Waals surface area contributed by atoms with Crippen molar-refractivity contribution in [2.75, 3.05) is 25.0 Å². The van der Waals surface area contributed by atoms with E-state index in [1.54, 1.807) is 17.5 Å². The molecule has 4 heterocycles. The normalized spacial score (nSPS) is 18.5. The van der Waals surface area contributed by atoms with Crippen LogP contribution in [0.4, 0.5) is 5.95 Å². The van der Waals surface area contributed by atoms with Crippen LogP contribution in [-0.4, -0.2) is 50.1 Å². The lowest BCUT2D eigenvalue weighted by molar-refractivity contribution is 0.219. The average molecular weight is 453 g/mol. The minimum Gasteiger partial charge on any atom is -0.351 e. The molecule has 1 saturated carbocycles. The van der Waals surface area contributed by atoms with Gasteiger partial charge >= 0.3 is 0 Å². The maximum Gasteiger partial charge on any atom is 0.256 e. The number of hydrogen-bond donors (Lipinski definition) is 1. The number of anilines is 1. The number of nitrogens with one attached hydrogen (secondary N) is 1. The van der Waals surface area contributed by atoms with E-state index < -0.39 is 0 Å². The van der Waals surface area contributed by atoms with Crippen LogP contribution < -0.4 is 10.9 Å². The molecule has 0 bridgehead atoms. The zero-order valence-corrected chi connectivity index (χ0v) is 19.6. The maximum absolute atomic E-state index is 13.5. The van der Waals surface area contributed by atoms with Crippen molar-refractivity contribution in [2.45, 2.75) is 70.4 Å². The number of likely N-dealkylation sites (tertiary alicyclic amines) is 1. The van der Waals surface area contributed by atoms with Crippen LogP contribution in [0.2, 0.25) is 0 Å². The van der Waals surface area contributed by atoms with Gasteiger partial charge in [0.15, 0.2) is 0 Å². The number of nitrogens with zero attached hydrogens (tertiary/aromatic N) is 5. The molecule has 32 heavy (non-hydrogen) atoms. The molecule has 5 rings (SSSR count). The molecule has 170 valence electrons. The van der Waals surface area contributed by atoms with Crippen LogP contribution in [0.25, 0.3) is 11.0 Å². The van der Waals surface area contributed by atoms with Crippen LogP contribution >= 0.6 is 11.3 Å². The van der Waals surface area contributed by atoms with Crippen LogP contribution in [0.3, 0.4) is 0 Å². The minimum absolute atomic E-state index is 0.0807. The Morgan fingerprint density at radius 2 is 1.97 bits per heavy atom. The standard InChI is InChI=1S/C24H32N6OS/c1-2-10-29-11-7-19(8-12-29)27-24-26-16-18-14-17(15-21-25-9-13-32-21)23(31)30(22(18)28-24)20-5-3-4-6-20/h9,13-14,16,19-20H,2-8,10-12,15H2,1H3,(H,26,27,28). The molecule has 1 aliphatic heterocycles. The Bertz CT molecular complexity index is 1100. The van der Waals surface area contributed by atoms with Crippen molar-refractivity contribution in [1.29, 1.82) is 0 Å². The Kier molecular flexibility index (Phi) is 6.50. The van der Waals surface area contributed by atoms with Gasteiger partial charge in [-0.1, -0.05) is 19.8 Å². The number of aromatic nitrogens is 4. The predicted molar refractivity (Wildman–Crippen MR) is 130 cm³/mol. The Balaban J connectivity index is 1.45. The lowest BCUT2D eigenvalue weighted by Gasteiger charge is -2.32. The lowest BCUT2D eigenvalue weighted by Crippen LogP contribution is -2.39. The molecule has 2 fully saturated rings. The van der Waals surface area contributed by atoms with Gasteiger partial charge in [-0.2, -0.15) is 4.98 Å². The second-order valence-corrected chi connectivity index (χ2v) is 10.1. The fourth-order valence-corrected chi connectivity index (χ4v) is 5.82. The number of fused-ring (bicyclic) bond motifs is 1. The topological polar surface area (TPSA) is 75.9 Å². The summed E-state index contributed by atoms with van der Waals surface area (Å²) in [5.41, 5.74) is 1.63. The van der Waals surface area contributed by atoms with Crippen molar-refractivity contribution in [3.05, 3.63) is 44.8 Å². The van der Waals surface area contributed by atoms with E-state index in [2.05, 4.69) is 27.1 Å². The number of thiazole rings is 1. The zero-order valence-electron chi connectivity index (χ0n) is 18.8. The Labute approximate surface area is 192 Å². The number of pyridine rings is 1. The molecular formula is C24H32N6OS. The van der Waals surface area contributed by atoms with Crippen LogP contribution in [0.1, 0.15) is 68.5 Å². The zero-order chi connectivity index (χ0) is 21.9. The maximum atomic E-state index is 13.5. The van der Waals surface area contributed by atoms with Gasteiger partial charge in [0.2, 0.25) is 5.95 Å². The van der Waals surface area contributed by atoms with Gasteiger partial charge < -0.3 is 10.2 Å². The first-order valence-corrected chi connectivity index (χ1v) is 12.9. The first-order chi connectivity index (χ1) is 15.7. The van der Waals surface area contributed by atoms with Crippen molar-refractivity contribution in [3.8, 4) is 0 Å². The average Bonchev–Trinajstić information content (AvgIpc) is 3.51. The largest absolute Gasteiger partial charge is 0.351 e. The summed E-state index contributed by atoms with van der Waals surface area (Å²) in [6.45, 7) is 5.65. The van der Waals surface area contributed by atoms with E-state index in [9.17, 15) is 4.79 Å². The van der Waals surface area contributed by atoms with E-state index in [1.807, 2.05) is 22.2 Å². The summed E-state index contributed by atoms with van der Waals surface area (Å²) < 4.78 is 1.96. The van der Waals surface area contributed by atoms with E-state index in [1.165, 1.54) is 25.8 Å². The summed E-state index contributed by atoms with van der Waals surface area (Å²) in [6, 6.07) is 2.58. The molecular weight excluding hydrogens is 420 g/mol. The van der Waals surface area contributed by atoms with Crippen LogP contribution in [0.5, 0.6) is 0 Å². The highest BCUT2D eigenvalue weighted by Crippen LogP contribution is 2.31. The summed E-state index contributed by atoms with van der Waals surface area (Å²) in [5, 5.41) is 7.41. The van der Waals surface area contributed by atoms with Gasteiger partial charge in [-0.25, -0.2) is 9.97 Å². The fraction of sp³-hybridized carbons (Fsp3) is 0.583. The quantitative estimate of drug-likeness (QED) is 0.578. The van der Waals surface area contributed by atoms with Gasteiger partial charge in [0.05, 0.1) is 5.01 Å². The van der Waals surface area contributed by atoms with E-state index in [0.29, 0.717) is 18.4 Å². The second kappa shape index (κ2) is 9.67. The fourth-order valence-electron chi connectivity index (χ4n) is 5.18. The molecule has 3 aromatic heterocycles. The predicted octanol–water partition coefficient (Wildman–Crippen LogP) is 4.24. The molecule has 8 heteroatoms. The Morgan fingerprint density at radius 1 is 1.16 bits per heavy atom. The molecule has 3 aromatic rings. The minimum atomic E-state index is 0.0807. The molecule has 0 atom stereocenters. The van der Waals surface area contributed by atoms with Gasteiger partial charge in [0.25, 0.3) is 5.56 Å². The third kappa shape index (κ3) is 4.57. The molecule has 0 amide bonds. The monoisotopic (exact) mass is 452 g/mol. The third-order valence-corrected chi connectivity index (χ3v) is 7.60. The van der Waals surface area contributed by atoms with Crippen molar-refractivity contribution < 1.29 is 0 Å². The SMILES string of the molecule is CCCN1CCC(Nc2ncc3cc(Cc4nccs4)c(=O)n(C4CCCC4)c3n2)CC1. The Hall–Kier alpha value is -2.32. The summed E-state index contributed by atoms with van der Waals surface area (Å²) in [6.07, 6.45) is 12.1. The van der Waals surface area contributed by atoms with Crippen molar-refractivity contribution in [2.24, 2.45) is 0 Å². The van der Waals surface area contributed by atoms with Crippen molar-refractivity contribution >= 4 is 28.3 Å². The molecule has 0 radical (unpaired) electrons. The molecule has 2 aliphatic rings. The molecule has 0 unspecified atom stereocenters. The molecule has 7 nitrogen and oxygen atoms in total. The van der Waals surface area contributed by atoms with Gasteiger partial charge in [-0.3, -0.25) is 9.36 Å². The van der Waals surface area contributed by atoms with Crippen LogP contribution in [0.15, 0.2) is 28.6 Å². The smallest absolute Gasteiger partial charge is 0.256 e. The first kappa shape index (κ1) is 21.5. The highest BCUT2D eigenvalue weighted by atomic mass is 32.1. The highest BCUT2D eigenvalue weighted by molar-refractivity contribution is 7.09. The van der Waals surface area contributed by atoms with Crippen molar-refractivity contribution in [1.82, 2.24) is 24.4 Å². The lowest BCUT2D eigenvalue weighted by atomic mass is 10.1. The summed E-state index contributed by atoms with van der Waals surface area (Å²) in [5.74, 6) is 0.644. The summed E-state index contributed by atoms with van der Waals surface area (Å²) in [7, 11) is 0. The molecule has 1 saturated heterocycles. The number of piperidine rings is 1. The second-order valence-electron chi connectivity index (χ2n) is 9.12. The van der Waals surface area contributed by atoms with Crippen molar-refractivity contribution in [3.63, 3.8) is 0 Å². The van der Waals surface area contributed by atoms with Gasteiger partial charge in [-0.15, -0.1) is 11.3 Å². The molecule has 1 N–H and O–H groups in total.